The first-order valence-corrected chi connectivity index (χ1v) is 18.6. The van der Waals surface area contributed by atoms with Gasteiger partial charge in [-0.15, -0.1) is 0 Å². The fraction of sp³-hybridized carbons (Fsp3) is 0.649. The van der Waals surface area contributed by atoms with Gasteiger partial charge in [-0.1, -0.05) is 0 Å². The van der Waals surface area contributed by atoms with Crippen LogP contribution in [-0.4, -0.2) is 105 Å². The molecule has 4 fully saturated rings. The van der Waals surface area contributed by atoms with E-state index in [2.05, 4.69) is 16.0 Å². The first kappa shape index (κ1) is 37.9. The second-order valence-electron chi connectivity index (χ2n) is 15.8. The quantitative estimate of drug-likeness (QED) is 0.281. The number of carbonyl (C=O) groups excluding carboxylic acids is 6. The molecule has 288 valence electrons. The third kappa shape index (κ3) is 8.05. The van der Waals surface area contributed by atoms with Crippen LogP contribution in [0, 0.1) is 11.8 Å². The molecule has 3 N–H and O–H groups in total. The third-order valence-corrected chi connectivity index (χ3v) is 11.1. The van der Waals surface area contributed by atoms with Crippen molar-refractivity contribution in [1.82, 2.24) is 29.6 Å². The predicted molar refractivity (Wildman–Crippen MR) is 193 cm³/mol. The van der Waals surface area contributed by atoms with E-state index in [1.807, 2.05) is 18.2 Å². The smallest absolute Gasteiger partial charge is 0.408 e. The molecule has 0 bridgehead atoms. The van der Waals surface area contributed by atoms with E-state index in [4.69, 9.17) is 9.47 Å². The number of hydrogen-bond donors (Lipinski definition) is 3. The normalized spacial score (nSPS) is 26.7. The highest BCUT2D eigenvalue weighted by atomic mass is 16.6. The molecule has 0 spiro atoms. The lowest BCUT2D eigenvalue weighted by Crippen LogP contribution is -2.61. The molecular formula is C37H51N7O9. The molecule has 1 aromatic heterocycles. The molecule has 1 aromatic carbocycles. The van der Waals surface area contributed by atoms with Gasteiger partial charge in [0.15, 0.2) is 0 Å². The van der Waals surface area contributed by atoms with Gasteiger partial charge in [-0.05, 0) is 96.3 Å². The largest absolute Gasteiger partial charge is 0.467 e. The molecule has 4 atom stereocenters. The van der Waals surface area contributed by atoms with Crippen molar-refractivity contribution in [3.8, 4) is 0 Å². The number of rotatable bonds is 7. The van der Waals surface area contributed by atoms with E-state index in [9.17, 15) is 33.6 Å². The van der Waals surface area contributed by atoms with Gasteiger partial charge in [0.25, 0.3) is 0 Å². The molecule has 4 aliphatic rings. The summed E-state index contributed by atoms with van der Waals surface area (Å²) in [5.74, 6) is -1.68. The van der Waals surface area contributed by atoms with Crippen LogP contribution in [-0.2, 0) is 40.5 Å². The number of piperidine rings is 1. The van der Waals surface area contributed by atoms with Crippen LogP contribution >= 0.6 is 0 Å². The number of anilines is 1. The average molecular weight is 738 g/mol. The minimum absolute atomic E-state index is 0.0221. The zero-order chi connectivity index (χ0) is 38.2. The van der Waals surface area contributed by atoms with Crippen LogP contribution in [0.5, 0.6) is 0 Å². The Balaban J connectivity index is 1.08. The number of methoxy groups -OCH3 is 1. The highest BCUT2D eigenvalue weighted by Crippen LogP contribution is 2.34. The molecular weight excluding hydrogens is 686 g/mol. The molecule has 0 radical (unpaired) electrons. The van der Waals surface area contributed by atoms with Crippen molar-refractivity contribution in [1.29, 1.82) is 0 Å². The Morgan fingerprint density at radius 2 is 1.68 bits per heavy atom. The fourth-order valence-electron chi connectivity index (χ4n) is 8.34. The van der Waals surface area contributed by atoms with Gasteiger partial charge in [0, 0.05) is 44.2 Å². The van der Waals surface area contributed by atoms with Crippen LogP contribution in [0.2, 0.25) is 0 Å². The van der Waals surface area contributed by atoms with Gasteiger partial charge in [0.2, 0.25) is 23.6 Å². The maximum absolute atomic E-state index is 14.0. The maximum Gasteiger partial charge on any atom is 0.408 e. The lowest BCUT2D eigenvalue weighted by Gasteiger charge is -2.40. The van der Waals surface area contributed by atoms with E-state index >= 15 is 0 Å². The number of aromatic nitrogens is 2. The van der Waals surface area contributed by atoms with Crippen molar-refractivity contribution >= 4 is 52.4 Å². The fourth-order valence-corrected chi connectivity index (χ4v) is 8.34. The maximum atomic E-state index is 14.0. The van der Waals surface area contributed by atoms with Gasteiger partial charge in [0.1, 0.15) is 23.7 Å². The summed E-state index contributed by atoms with van der Waals surface area (Å²) in [6, 6.07) is 2.76. The Labute approximate surface area is 307 Å². The van der Waals surface area contributed by atoms with Crippen molar-refractivity contribution in [3.05, 3.63) is 28.7 Å². The number of esters is 1. The summed E-state index contributed by atoms with van der Waals surface area (Å²) in [6.07, 6.45) is 4.25. The van der Waals surface area contributed by atoms with E-state index in [0.717, 1.165) is 18.5 Å². The van der Waals surface area contributed by atoms with Gasteiger partial charge < -0.3 is 29.9 Å². The molecule has 3 saturated heterocycles. The average Bonchev–Trinajstić information content (AvgIpc) is 3.64. The Morgan fingerprint density at radius 3 is 2.36 bits per heavy atom. The number of fused-ring (bicyclic) bond motifs is 2. The van der Waals surface area contributed by atoms with Crippen molar-refractivity contribution in [2.75, 3.05) is 32.1 Å². The minimum atomic E-state index is -1.08. The SMILES string of the molecule is COC(=O)[C@@H]1CC[C@@H]2CCN(C(=O)C3CCC(CNc4ccc5c(c4)n(C)c(=O)n5C4CCC(=O)NC4=O)CC3)C[C@H](NC(=O)OC(C)(C)C)C(=O)N21. The Morgan fingerprint density at radius 1 is 0.943 bits per heavy atom. The first-order chi connectivity index (χ1) is 25.1. The summed E-state index contributed by atoms with van der Waals surface area (Å²) in [7, 11) is 2.95. The molecule has 1 unspecified atom stereocenters. The molecule has 2 aromatic rings. The number of amides is 5. The van der Waals surface area contributed by atoms with Crippen LogP contribution in [0.3, 0.4) is 0 Å². The zero-order valence-electron chi connectivity index (χ0n) is 31.1. The van der Waals surface area contributed by atoms with Gasteiger partial charge in [-0.2, -0.15) is 0 Å². The van der Waals surface area contributed by atoms with Crippen LogP contribution in [0.25, 0.3) is 11.0 Å². The zero-order valence-corrected chi connectivity index (χ0v) is 31.1. The third-order valence-electron chi connectivity index (χ3n) is 11.1. The number of ether oxygens (including phenoxy) is 2. The number of imidazole rings is 1. The summed E-state index contributed by atoms with van der Waals surface area (Å²) < 4.78 is 13.4. The van der Waals surface area contributed by atoms with Gasteiger partial charge in [-0.25, -0.2) is 14.4 Å². The number of nitrogens with one attached hydrogen (secondary N) is 3. The Bertz CT molecular complexity index is 1840. The molecule has 6 rings (SSSR count). The molecule has 4 heterocycles. The predicted octanol–water partition coefficient (Wildman–Crippen LogP) is 2.19. The molecule has 3 aliphatic heterocycles. The second kappa shape index (κ2) is 15.2. The topological polar surface area (TPSA) is 190 Å². The van der Waals surface area contributed by atoms with Crippen LogP contribution in [0.15, 0.2) is 23.0 Å². The number of hydrogen-bond acceptors (Lipinski definition) is 10. The lowest BCUT2D eigenvalue weighted by molar-refractivity contribution is -0.155. The monoisotopic (exact) mass is 737 g/mol. The number of carbonyl (C=O) groups is 6. The summed E-state index contributed by atoms with van der Waals surface area (Å²) in [6.45, 7) is 6.22. The van der Waals surface area contributed by atoms with Gasteiger partial charge in [0.05, 0.1) is 24.7 Å². The molecule has 1 saturated carbocycles. The highest BCUT2D eigenvalue weighted by Gasteiger charge is 2.46. The summed E-state index contributed by atoms with van der Waals surface area (Å²) in [5, 5.41) is 8.51. The minimum Gasteiger partial charge on any atom is -0.467 e. The van der Waals surface area contributed by atoms with Crippen molar-refractivity contribution in [3.63, 3.8) is 0 Å². The van der Waals surface area contributed by atoms with Crippen LogP contribution in [0.1, 0.15) is 84.6 Å². The molecule has 16 heteroatoms. The number of imide groups is 1. The van der Waals surface area contributed by atoms with Gasteiger partial charge >= 0.3 is 17.8 Å². The summed E-state index contributed by atoms with van der Waals surface area (Å²) in [4.78, 5) is 94.0. The number of alkyl carbamates (subject to hydrolysis) is 1. The Kier molecular flexibility index (Phi) is 10.9. The van der Waals surface area contributed by atoms with Crippen LogP contribution < -0.4 is 21.6 Å². The highest BCUT2D eigenvalue weighted by molar-refractivity contribution is 6.00. The second-order valence-corrected chi connectivity index (χ2v) is 15.8. The van der Waals surface area contributed by atoms with E-state index in [1.54, 1.807) is 37.6 Å². The molecule has 5 amide bonds. The van der Waals surface area contributed by atoms with E-state index in [1.165, 1.54) is 16.2 Å². The standard InChI is InChI=1S/C37H51N7O9/c1-37(2,3)53-35(50)39-25-20-42(17-16-24-11-13-28(34(49)52-5)43(24)33(25)48)32(47)22-8-6-21(7-9-22)19-38-23-10-12-26-29(18-23)41(4)36(51)44(26)27-14-15-30(45)40-31(27)46/h10,12,18,21-22,24-25,27-28,38H,6-9,11,13-17,19-20H2,1-5H3,(H,39,50)(H,40,45,46)/t21?,22?,24-,25+,27?,28+/m1/s1. The molecule has 16 nitrogen and oxygen atoms in total. The van der Waals surface area contributed by atoms with Gasteiger partial charge in [-0.3, -0.25) is 33.6 Å². The summed E-state index contributed by atoms with van der Waals surface area (Å²) >= 11 is 0. The van der Waals surface area contributed by atoms with E-state index in [0.29, 0.717) is 62.1 Å². The van der Waals surface area contributed by atoms with Crippen LogP contribution in [0.4, 0.5) is 10.5 Å². The first-order valence-electron chi connectivity index (χ1n) is 18.6. The molecule has 53 heavy (non-hydrogen) atoms. The van der Waals surface area contributed by atoms with E-state index < -0.39 is 47.6 Å². The Hall–Kier alpha value is -4.89. The van der Waals surface area contributed by atoms with Crippen molar-refractivity contribution in [2.24, 2.45) is 18.9 Å². The van der Waals surface area contributed by atoms with Crippen molar-refractivity contribution in [2.45, 2.75) is 108 Å². The molecule has 1 aliphatic carbocycles. The number of benzene rings is 1. The summed E-state index contributed by atoms with van der Waals surface area (Å²) in [5.41, 5.74) is 1.01. The number of aryl methyl sites for hydroxylation is 1. The lowest BCUT2D eigenvalue weighted by atomic mass is 9.81. The van der Waals surface area contributed by atoms with E-state index in [-0.39, 0.29) is 48.9 Å². The van der Waals surface area contributed by atoms with Crippen molar-refractivity contribution < 1.29 is 38.2 Å². The number of nitrogens with zero attached hydrogens (tertiary/aromatic N) is 4.